The van der Waals surface area contributed by atoms with Crippen LogP contribution in [-0.2, 0) is 6.54 Å². The van der Waals surface area contributed by atoms with Gasteiger partial charge in [0.1, 0.15) is 5.01 Å². The molecule has 1 aromatic carbocycles. The summed E-state index contributed by atoms with van der Waals surface area (Å²) >= 11 is 1.67. The third kappa shape index (κ3) is 5.21. The first kappa shape index (κ1) is 17.2. The molecule has 0 bridgehead atoms. The fraction of sp³-hybridized carbons (Fsp3) is 0.333. The lowest BCUT2D eigenvalue weighted by molar-refractivity contribution is 0.470. The van der Waals surface area contributed by atoms with Gasteiger partial charge in [-0.3, -0.25) is 4.99 Å². The molecule has 0 fully saturated rings. The van der Waals surface area contributed by atoms with E-state index in [0.717, 1.165) is 41.6 Å². The van der Waals surface area contributed by atoms with Crippen LogP contribution in [0.25, 0.3) is 11.3 Å². The van der Waals surface area contributed by atoms with Crippen LogP contribution in [0.5, 0.6) is 0 Å². The third-order valence-corrected chi connectivity index (χ3v) is 4.34. The molecular weight excluding hydrogens is 304 g/mol. The number of rotatable bonds is 7. The second kappa shape index (κ2) is 9.10. The Kier molecular flexibility index (Phi) is 6.81. The zero-order chi connectivity index (χ0) is 16.5. The van der Waals surface area contributed by atoms with Gasteiger partial charge in [-0.15, -0.1) is 17.9 Å². The monoisotopic (exact) mass is 328 g/mol. The van der Waals surface area contributed by atoms with Crippen LogP contribution in [0.3, 0.4) is 0 Å². The first-order chi connectivity index (χ1) is 11.2. The molecule has 23 heavy (non-hydrogen) atoms. The molecule has 1 aromatic heterocycles. The third-order valence-electron chi connectivity index (χ3n) is 3.49. The van der Waals surface area contributed by atoms with Gasteiger partial charge in [-0.05, 0) is 12.8 Å². The summed E-state index contributed by atoms with van der Waals surface area (Å²) in [6, 6.07) is 10.3. The van der Waals surface area contributed by atoms with Crippen molar-refractivity contribution in [2.24, 2.45) is 4.99 Å². The van der Waals surface area contributed by atoms with Gasteiger partial charge in [-0.1, -0.05) is 36.4 Å². The second-order valence-electron chi connectivity index (χ2n) is 5.25. The van der Waals surface area contributed by atoms with Crippen LogP contribution in [0.4, 0.5) is 0 Å². The van der Waals surface area contributed by atoms with E-state index in [4.69, 9.17) is 4.98 Å². The summed E-state index contributed by atoms with van der Waals surface area (Å²) in [5.41, 5.74) is 2.18. The van der Waals surface area contributed by atoms with Gasteiger partial charge >= 0.3 is 0 Å². The summed E-state index contributed by atoms with van der Waals surface area (Å²) in [5, 5.41) is 6.54. The van der Waals surface area contributed by atoms with Crippen molar-refractivity contribution in [3.05, 3.63) is 53.4 Å². The summed E-state index contributed by atoms with van der Waals surface area (Å²) in [6.07, 6.45) is 4.05. The lowest BCUT2D eigenvalue weighted by Gasteiger charge is -2.21. The maximum Gasteiger partial charge on any atom is 0.193 e. The standard InChI is InChI=1S/C18H24N4S/c1-4-5-9-12-22(3)18(19-2)20-13-17-21-16(14-23-17)15-10-7-6-8-11-15/h4,6-8,10-11,14H,1,5,9,12-13H2,2-3H3,(H,19,20). The van der Waals surface area contributed by atoms with E-state index in [1.54, 1.807) is 11.3 Å². The smallest absolute Gasteiger partial charge is 0.193 e. The molecule has 2 aromatic rings. The Hall–Kier alpha value is -2.14. The Bertz CT molecular complexity index is 633. The molecule has 1 heterocycles. The van der Waals surface area contributed by atoms with E-state index in [9.17, 15) is 0 Å². The van der Waals surface area contributed by atoms with Gasteiger partial charge in [0.2, 0.25) is 0 Å². The lowest BCUT2D eigenvalue weighted by atomic mass is 10.2. The molecule has 1 N–H and O–H groups in total. The molecule has 2 rings (SSSR count). The van der Waals surface area contributed by atoms with Gasteiger partial charge in [0.05, 0.1) is 12.2 Å². The van der Waals surface area contributed by atoms with Gasteiger partial charge in [0.15, 0.2) is 5.96 Å². The molecule has 0 unspecified atom stereocenters. The predicted molar refractivity (Wildman–Crippen MR) is 99.8 cm³/mol. The Labute approximate surface area is 142 Å². The Morgan fingerprint density at radius 2 is 2.17 bits per heavy atom. The molecule has 0 aliphatic rings. The minimum absolute atomic E-state index is 0.690. The highest BCUT2D eigenvalue weighted by Gasteiger charge is 2.08. The molecule has 4 nitrogen and oxygen atoms in total. The average Bonchev–Trinajstić information content (AvgIpc) is 3.05. The van der Waals surface area contributed by atoms with Crippen molar-refractivity contribution in [1.29, 1.82) is 0 Å². The zero-order valence-electron chi connectivity index (χ0n) is 13.8. The summed E-state index contributed by atoms with van der Waals surface area (Å²) < 4.78 is 0. The van der Waals surface area contributed by atoms with E-state index in [2.05, 4.69) is 46.3 Å². The van der Waals surface area contributed by atoms with Gasteiger partial charge in [-0.2, -0.15) is 0 Å². The maximum atomic E-state index is 4.69. The van der Waals surface area contributed by atoms with E-state index in [0.29, 0.717) is 6.54 Å². The van der Waals surface area contributed by atoms with Crippen molar-refractivity contribution in [3.63, 3.8) is 0 Å². The highest BCUT2D eigenvalue weighted by Crippen LogP contribution is 2.21. The van der Waals surface area contributed by atoms with Crippen LogP contribution in [0, 0.1) is 0 Å². The Balaban J connectivity index is 1.90. The quantitative estimate of drug-likeness (QED) is 0.364. The molecule has 122 valence electrons. The minimum Gasteiger partial charge on any atom is -0.350 e. The molecular formula is C18H24N4S. The number of unbranched alkanes of at least 4 members (excludes halogenated alkanes) is 1. The highest BCUT2D eigenvalue weighted by atomic mass is 32.1. The molecule has 0 radical (unpaired) electrons. The summed E-state index contributed by atoms with van der Waals surface area (Å²) in [7, 11) is 3.86. The number of thiazole rings is 1. The molecule has 0 aliphatic heterocycles. The first-order valence-electron chi connectivity index (χ1n) is 7.77. The van der Waals surface area contributed by atoms with Crippen molar-refractivity contribution >= 4 is 17.3 Å². The van der Waals surface area contributed by atoms with Gasteiger partial charge in [-0.25, -0.2) is 4.98 Å². The fourth-order valence-corrected chi connectivity index (χ4v) is 2.99. The summed E-state index contributed by atoms with van der Waals surface area (Å²) in [5.74, 6) is 0.894. The van der Waals surface area contributed by atoms with E-state index in [1.165, 1.54) is 0 Å². The van der Waals surface area contributed by atoms with Crippen LogP contribution < -0.4 is 5.32 Å². The predicted octanol–water partition coefficient (Wildman–Crippen LogP) is 3.78. The van der Waals surface area contributed by atoms with E-state index >= 15 is 0 Å². The average molecular weight is 328 g/mol. The molecule has 5 heteroatoms. The van der Waals surface area contributed by atoms with Crippen LogP contribution in [0.15, 0.2) is 53.4 Å². The maximum absolute atomic E-state index is 4.69. The van der Waals surface area contributed by atoms with Crippen molar-refractivity contribution < 1.29 is 0 Å². The number of benzene rings is 1. The van der Waals surface area contributed by atoms with Crippen LogP contribution in [0.2, 0.25) is 0 Å². The van der Waals surface area contributed by atoms with E-state index in [1.807, 2.05) is 31.3 Å². The van der Waals surface area contributed by atoms with E-state index in [-0.39, 0.29) is 0 Å². The number of aromatic nitrogens is 1. The Morgan fingerprint density at radius 1 is 1.39 bits per heavy atom. The molecule has 0 spiro atoms. The van der Waals surface area contributed by atoms with Crippen molar-refractivity contribution in [2.45, 2.75) is 19.4 Å². The molecule has 0 atom stereocenters. The number of nitrogens with zero attached hydrogens (tertiary/aromatic N) is 3. The number of guanidine groups is 1. The zero-order valence-corrected chi connectivity index (χ0v) is 14.6. The van der Waals surface area contributed by atoms with E-state index < -0.39 is 0 Å². The number of hydrogen-bond acceptors (Lipinski definition) is 3. The lowest BCUT2D eigenvalue weighted by Crippen LogP contribution is -2.38. The number of hydrogen-bond donors (Lipinski definition) is 1. The largest absolute Gasteiger partial charge is 0.350 e. The Morgan fingerprint density at radius 3 is 2.87 bits per heavy atom. The number of aliphatic imine (C=N–C) groups is 1. The molecule has 0 aliphatic carbocycles. The van der Waals surface area contributed by atoms with Crippen LogP contribution >= 0.6 is 11.3 Å². The topological polar surface area (TPSA) is 40.5 Å². The second-order valence-corrected chi connectivity index (χ2v) is 6.19. The fourth-order valence-electron chi connectivity index (χ4n) is 2.25. The SMILES string of the molecule is C=CCCCN(C)C(=NC)NCc1nc(-c2ccccc2)cs1. The van der Waals surface area contributed by atoms with Gasteiger partial charge in [0.25, 0.3) is 0 Å². The normalized spacial score (nSPS) is 11.3. The van der Waals surface area contributed by atoms with Crippen molar-refractivity contribution in [3.8, 4) is 11.3 Å². The molecule has 0 amide bonds. The first-order valence-corrected chi connectivity index (χ1v) is 8.65. The van der Waals surface area contributed by atoms with Crippen molar-refractivity contribution in [2.75, 3.05) is 20.6 Å². The molecule has 0 saturated carbocycles. The van der Waals surface area contributed by atoms with Crippen molar-refractivity contribution in [1.82, 2.24) is 15.2 Å². The highest BCUT2D eigenvalue weighted by molar-refractivity contribution is 7.09. The number of allylic oxidation sites excluding steroid dienone is 1. The van der Waals surface area contributed by atoms with Crippen LogP contribution in [0.1, 0.15) is 17.8 Å². The van der Waals surface area contributed by atoms with Crippen LogP contribution in [-0.4, -0.2) is 36.5 Å². The minimum atomic E-state index is 0.690. The summed E-state index contributed by atoms with van der Waals surface area (Å²) in [4.78, 5) is 11.2. The van der Waals surface area contributed by atoms with Gasteiger partial charge in [0, 0.05) is 31.6 Å². The molecule has 0 saturated heterocycles. The summed E-state index contributed by atoms with van der Waals surface area (Å²) in [6.45, 7) is 5.40. The number of nitrogens with one attached hydrogen (secondary N) is 1. The van der Waals surface area contributed by atoms with Gasteiger partial charge < -0.3 is 10.2 Å².